The largest absolute Gasteiger partial charge is 0.361 e. The van der Waals surface area contributed by atoms with Crippen molar-refractivity contribution in [3.8, 4) is 0 Å². The Bertz CT molecular complexity index is 320. The van der Waals surface area contributed by atoms with Crippen molar-refractivity contribution in [2.45, 2.75) is 6.42 Å². The third-order valence-corrected chi connectivity index (χ3v) is 1.72. The zero-order valence-electron chi connectivity index (χ0n) is 5.97. The van der Waals surface area contributed by atoms with Gasteiger partial charge in [0.15, 0.2) is 0 Å². The SMILES string of the molecule is FC1=Cc2cc[nH]c2C=CC1. The summed E-state index contributed by atoms with van der Waals surface area (Å²) in [5, 5.41) is 0. The van der Waals surface area contributed by atoms with Crippen molar-refractivity contribution in [3.05, 3.63) is 35.4 Å². The standard InChI is InChI=1S/C9H8FN/c10-8-2-1-3-9-7(6-8)4-5-11-9/h1,3-6,11H,2H2. The van der Waals surface area contributed by atoms with Crippen LogP contribution in [-0.4, -0.2) is 4.98 Å². The number of hydrogen-bond acceptors (Lipinski definition) is 0. The van der Waals surface area contributed by atoms with Crippen LogP contribution in [0.1, 0.15) is 17.7 Å². The molecule has 0 aromatic carbocycles. The Kier molecular flexibility index (Phi) is 1.39. The van der Waals surface area contributed by atoms with E-state index in [4.69, 9.17) is 0 Å². The predicted octanol–water partition coefficient (Wildman–Crippen LogP) is 2.74. The molecule has 0 atom stereocenters. The van der Waals surface area contributed by atoms with Gasteiger partial charge >= 0.3 is 0 Å². The molecule has 1 aromatic rings. The van der Waals surface area contributed by atoms with Gasteiger partial charge in [-0.2, -0.15) is 0 Å². The Labute approximate surface area is 64.2 Å². The third-order valence-electron chi connectivity index (χ3n) is 1.72. The lowest BCUT2D eigenvalue weighted by Gasteiger charge is -1.87. The van der Waals surface area contributed by atoms with E-state index in [1.165, 1.54) is 0 Å². The fraction of sp³-hybridized carbons (Fsp3) is 0.111. The van der Waals surface area contributed by atoms with Crippen molar-refractivity contribution in [1.82, 2.24) is 4.98 Å². The van der Waals surface area contributed by atoms with Crippen molar-refractivity contribution in [3.63, 3.8) is 0 Å². The van der Waals surface area contributed by atoms with Crippen LogP contribution in [0, 0.1) is 0 Å². The molecule has 2 heteroatoms. The van der Waals surface area contributed by atoms with E-state index in [0.29, 0.717) is 6.42 Å². The van der Waals surface area contributed by atoms with Gasteiger partial charge < -0.3 is 4.98 Å². The Balaban J connectivity index is 2.55. The predicted molar refractivity (Wildman–Crippen MR) is 43.5 cm³/mol. The van der Waals surface area contributed by atoms with Crippen molar-refractivity contribution in [2.24, 2.45) is 0 Å². The van der Waals surface area contributed by atoms with Crippen molar-refractivity contribution >= 4 is 12.2 Å². The monoisotopic (exact) mass is 149 g/mol. The number of aromatic nitrogens is 1. The molecule has 1 heterocycles. The highest BCUT2D eigenvalue weighted by Crippen LogP contribution is 2.20. The van der Waals surface area contributed by atoms with Gasteiger partial charge in [0.05, 0.1) is 0 Å². The van der Waals surface area contributed by atoms with E-state index in [1.54, 1.807) is 6.08 Å². The Hall–Kier alpha value is -1.31. The fourth-order valence-corrected chi connectivity index (χ4v) is 1.18. The Morgan fingerprint density at radius 1 is 1.45 bits per heavy atom. The van der Waals surface area contributed by atoms with Gasteiger partial charge in [-0.15, -0.1) is 0 Å². The van der Waals surface area contributed by atoms with Crippen molar-refractivity contribution in [1.29, 1.82) is 0 Å². The number of aromatic amines is 1. The van der Waals surface area contributed by atoms with Gasteiger partial charge in [-0.05, 0) is 18.2 Å². The minimum Gasteiger partial charge on any atom is -0.361 e. The molecule has 1 nitrogen and oxygen atoms in total. The summed E-state index contributed by atoms with van der Waals surface area (Å²) in [6.07, 6.45) is 7.49. The first kappa shape index (κ1) is 6.40. The number of rotatable bonds is 0. The molecule has 1 N–H and O–H groups in total. The molecule has 0 aliphatic heterocycles. The molecule has 56 valence electrons. The summed E-state index contributed by atoms with van der Waals surface area (Å²) >= 11 is 0. The molecule has 1 aromatic heterocycles. The van der Waals surface area contributed by atoms with E-state index >= 15 is 0 Å². The van der Waals surface area contributed by atoms with E-state index in [9.17, 15) is 4.39 Å². The molecule has 1 aliphatic rings. The second kappa shape index (κ2) is 2.38. The molecule has 0 radical (unpaired) electrons. The summed E-state index contributed by atoms with van der Waals surface area (Å²) < 4.78 is 12.8. The van der Waals surface area contributed by atoms with Gasteiger partial charge in [-0.1, -0.05) is 6.08 Å². The number of nitrogens with one attached hydrogen (secondary N) is 1. The molecular formula is C9H8FN. The normalized spacial score (nSPS) is 15.5. The zero-order valence-corrected chi connectivity index (χ0v) is 5.97. The van der Waals surface area contributed by atoms with E-state index < -0.39 is 0 Å². The van der Waals surface area contributed by atoms with Crippen LogP contribution >= 0.6 is 0 Å². The molecule has 1 aliphatic carbocycles. The minimum absolute atomic E-state index is 0.0837. The molecule has 0 amide bonds. The van der Waals surface area contributed by atoms with Gasteiger partial charge in [-0.25, -0.2) is 4.39 Å². The van der Waals surface area contributed by atoms with E-state index in [-0.39, 0.29) is 5.83 Å². The van der Waals surface area contributed by atoms with Crippen LogP contribution in [0.4, 0.5) is 4.39 Å². The van der Waals surface area contributed by atoms with E-state index in [0.717, 1.165) is 11.3 Å². The molecule has 0 spiro atoms. The topological polar surface area (TPSA) is 15.8 Å². The Morgan fingerprint density at radius 2 is 2.36 bits per heavy atom. The van der Waals surface area contributed by atoms with Crippen LogP contribution in [0.15, 0.2) is 24.2 Å². The third kappa shape index (κ3) is 1.11. The molecular weight excluding hydrogens is 141 g/mol. The van der Waals surface area contributed by atoms with Crippen LogP contribution < -0.4 is 0 Å². The smallest absolute Gasteiger partial charge is 0.104 e. The average molecular weight is 149 g/mol. The highest BCUT2D eigenvalue weighted by molar-refractivity contribution is 5.66. The number of hydrogen-bond donors (Lipinski definition) is 1. The first-order valence-electron chi connectivity index (χ1n) is 3.56. The van der Waals surface area contributed by atoms with Crippen LogP contribution in [0.25, 0.3) is 12.2 Å². The van der Waals surface area contributed by atoms with Crippen LogP contribution in [0.5, 0.6) is 0 Å². The number of H-pyrrole nitrogens is 1. The maximum Gasteiger partial charge on any atom is 0.104 e. The van der Waals surface area contributed by atoms with Crippen LogP contribution in [0.2, 0.25) is 0 Å². The second-order valence-corrected chi connectivity index (χ2v) is 2.54. The van der Waals surface area contributed by atoms with Gasteiger partial charge in [0.25, 0.3) is 0 Å². The molecule has 0 unspecified atom stereocenters. The molecule has 11 heavy (non-hydrogen) atoms. The molecule has 2 rings (SSSR count). The summed E-state index contributed by atoms with van der Waals surface area (Å²) in [4.78, 5) is 3.02. The van der Waals surface area contributed by atoms with Crippen molar-refractivity contribution < 1.29 is 4.39 Å². The highest BCUT2D eigenvalue weighted by atomic mass is 19.1. The minimum atomic E-state index is -0.0837. The van der Waals surface area contributed by atoms with Crippen LogP contribution in [-0.2, 0) is 0 Å². The fourth-order valence-electron chi connectivity index (χ4n) is 1.18. The van der Waals surface area contributed by atoms with Crippen molar-refractivity contribution in [2.75, 3.05) is 0 Å². The number of allylic oxidation sites excluding steroid dienone is 2. The van der Waals surface area contributed by atoms with Gasteiger partial charge in [0.2, 0.25) is 0 Å². The molecule has 0 bridgehead atoms. The first-order chi connectivity index (χ1) is 5.36. The molecule has 0 saturated carbocycles. The average Bonchev–Trinajstić information content (AvgIpc) is 2.31. The van der Waals surface area contributed by atoms with E-state index in [2.05, 4.69) is 4.98 Å². The molecule has 0 saturated heterocycles. The summed E-state index contributed by atoms with van der Waals surface area (Å²) in [6.45, 7) is 0. The van der Waals surface area contributed by atoms with Crippen LogP contribution in [0.3, 0.4) is 0 Å². The quantitative estimate of drug-likeness (QED) is 0.583. The lowest BCUT2D eigenvalue weighted by molar-refractivity contribution is 0.627. The Morgan fingerprint density at radius 3 is 3.27 bits per heavy atom. The maximum absolute atomic E-state index is 12.8. The zero-order chi connectivity index (χ0) is 7.68. The first-order valence-corrected chi connectivity index (χ1v) is 3.56. The number of halogens is 1. The summed E-state index contributed by atoms with van der Waals surface area (Å²) in [7, 11) is 0. The second-order valence-electron chi connectivity index (χ2n) is 2.54. The summed E-state index contributed by atoms with van der Waals surface area (Å²) in [5.74, 6) is -0.0837. The van der Waals surface area contributed by atoms with E-state index in [1.807, 2.05) is 24.4 Å². The van der Waals surface area contributed by atoms with Gasteiger partial charge in [0.1, 0.15) is 5.83 Å². The maximum atomic E-state index is 12.8. The number of fused-ring (bicyclic) bond motifs is 1. The van der Waals surface area contributed by atoms with Gasteiger partial charge in [0, 0.05) is 23.9 Å². The lowest BCUT2D eigenvalue weighted by Crippen LogP contribution is -1.72. The highest BCUT2D eigenvalue weighted by Gasteiger charge is 2.02. The summed E-state index contributed by atoms with van der Waals surface area (Å²) in [5.41, 5.74) is 1.91. The summed E-state index contributed by atoms with van der Waals surface area (Å²) in [6, 6.07) is 1.87. The van der Waals surface area contributed by atoms with Gasteiger partial charge in [-0.3, -0.25) is 0 Å². The molecule has 0 fully saturated rings. The lowest BCUT2D eigenvalue weighted by atomic mass is 10.2.